The first-order chi connectivity index (χ1) is 14.5. The van der Waals surface area contributed by atoms with E-state index in [4.69, 9.17) is 16.3 Å². The van der Waals surface area contributed by atoms with Crippen LogP contribution in [0.2, 0.25) is 5.02 Å². The van der Waals surface area contributed by atoms with Crippen molar-refractivity contribution < 1.29 is 14.3 Å². The molecule has 160 valence electrons. The first-order valence-corrected chi connectivity index (χ1v) is 10.9. The van der Waals surface area contributed by atoms with E-state index in [1.54, 1.807) is 36.1 Å². The van der Waals surface area contributed by atoms with Crippen LogP contribution in [0.1, 0.15) is 44.6 Å². The molecule has 1 N–H and O–H groups in total. The third kappa shape index (κ3) is 6.23. The molecule has 2 aromatic carbocycles. The number of nitrogens with zero attached hydrogens (tertiary/aromatic N) is 1. The zero-order chi connectivity index (χ0) is 21.3. The Morgan fingerprint density at radius 1 is 1.07 bits per heavy atom. The Hall–Kier alpha value is -2.53. The van der Waals surface area contributed by atoms with Gasteiger partial charge in [0, 0.05) is 12.6 Å². The minimum Gasteiger partial charge on any atom is -0.482 e. The third-order valence-electron chi connectivity index (χ3n) is 5.50. The van der Waals surface area contributed by atoms with Crippen molar-refractivity contribution in [3.8, 4) is 5.75 Å². The van der Waals surface area contributed by atoms with Crippen LogP contribution in [0.5, 0.6) is 5.75 Å². The summed E-state index contributed by atoms with van der Waals surface area (Å²) in [6, 6.07) is 16.3. The predicted molar refractivity (Wildman–Crippen MR) is 118 cm³/mol. The van der Waals surface area contributed by atoms with Gasteiger partial charge in [-0.05, 0) is 37.5 Å². The summed E-state index contributed by atoms with van der Waals surface area (Å²) in [6.45, 7) is 1.93. The molecule has 1 aliphatic rings. The van der Waals surface area contributed by atoms with Crippen LogP contribution in [-0.4, -0.2) is 35.4 Å². The van der Waals surface area contributed by atoms with Crippen LogP contribution in [0, 0.1) is 0 Å². The van der Waals surface area contributed by atoms with E-state index in [1.165, 1.54) is 6.42 Å². The molecule has 0 aliphatic heterocycles. The number of ether oxygens (including phenoxy) is 1. The van der Waals surface area contributed by atoms with Crippen LogP contribution in [0.25, 0.3) is 0 Å². The highest BCUT2D eigenvalue weighted by atomic mass is 35.5. The predicted octanol–water partition coefficient (Wildman–Crippen LogP) is 4.59. The Kier molecular flexibility index (Phi) is 8.14. The Bertz CT molecular complexity index is 837. The van der Waals surface area contributed by atoms with E-state index in [-0.39, 0.29) is 24.5 Å². The molecule has 5 nitrogen and oxygen atoms in total. The third-order valence-corrected chi connectivity index (χ3v) is 5.81. The molecule has 1 aliphatic carbocycles. The van der Waals surface area contributed by atoms with Crippen molar-refractivity contribution in [2.45, 2.75) is 57.7 Å². The van der Waals surface area contributed by atoms with E-state index in [9.17, 15) is 9.59 Å². The molecule has 2 aromatic rings. The standard InChI is InChI=1S/C24H29ClN2O3/c1-18(24(29)26-20-12-6-3-7-13-20)27(16-19-10-4-2-5-11-19)23(28)17-30-22-15-9-8-14-21(22)25/h2,4-5,8-11,14-15,18,20H,3,6-7,12-13,16-17H2,1H3,(H,26,29)/t18-/m1/s1. The molecule has 0 saturated heterocycles. The maximum absolute atomic E-state index is 13.0. The number of rotatable bonds is 8. The van der Waals surface area contributed by atoms with Crippen molar-refractivity contribution in [2.75, 3.05) is 6.61 Å². The molecule has 6 heteroatoms. The second kappa shape index (κ2) is 11.0. The molecule has 3 rings (SSSR count). The number of carbonyl (C=O) groups is 2. The Balaban J connectivity index is 1.69. The van der Waals surface area contributed by atoms with E-state index in [0.717, 1.165) is 31.2 Å². The molecule has 0 bridgehead atoms. The van der Waals surface area contributed by atoms with Gasteiger partial charge in [-0.2, -0.15) is 0 Å². The van der Waals surface area contributed by atoms with Crippen LogP contribution < -0.4 is 10.1 Å². The van der Waals surface area contributed by atoms with Gasteiger partial charge in [0.1, 0.15) is 11.8 Å². The van der Waals surface area contributed by atoms with Gasteiger partial charge in [-0.15, -0.1) is 0 Å². The molecular formula is C24H29ClN2O3. The molecule has 0 unspecified atom stereocenters. The molecule has 0 heterocycles. The summed E-state index contributed by atoms with van der Waals surface area (Å²) in [5, 5.41) is 3.58. The van der Waals surface area contributed by atoms with Gasteiger partial charge in [-0.25, -0.2) is 0 Å². The summed E-state index contributed by atoms with van der Waals surface area (Å²) in [5.74, 6) is 0.0699. The molecule has 0 radical (unpaired) electrons. The van der Waals surface area contributed by atoms with Crippen molar-refractivity contribution in [1.29, 1.82) is 0 Å². The number of amides is 2. The van der Waals surface area contributed by atoms with E-state index in [1.807, 2.05) is 30.3 Å². The number of benzene rings is 2. The van der Waals surface area contributed by atoms with Gasteiger partial charge in [0.25, 0.3) is 5.91 Å². The first-order valence-electron chi connectivity index (χ1n) is 10.6. The highest BCUT2D eigenvalue weighted by molar-refractivity contribution is 6.32. The first kappa shape index (κ1) is 22.2. The fourth-order valence-corrected chi connectivity index (χ4v) is 3.91. The number of hydrogen-bond donors (Lipinski definition) is 1. The van der Waals surface area contributed by atoms with Crippen LogP contribution in [0.15, 0.2) is 54.6 Å². The Labute approximate surface area is 183 Å². The number of para-hydroxylation sites is 1. The summed E-state index contributed by atoms with van der Waals surface area (Å²) >= 11 is 6.12. The monoisotopic (exact) mass is 428 g/mol. The quantitative estimate of drug-likeness (QED) is 0.669. The highest BCUT2D eigenvalue weighted by Crippen LogP contribution is 2.23. The number of hydrogen-bond acceptors (Lipinski definition) is 3. The fourth-order valence-electron chi connectivity index (χ4n) is 3.72. The second-order valence-electron chi connectivity index (χ2n) is 7.75. The van der Waals surface area contributed by atoms with Gasteiger partial charge >= 0.3 is 0 Å². The minimum absolute atomic E-state index is 0.121. The van der Waals surface area contributed by atoms with Crippen LogP contribution in [0.3, 0.4) is 0 Å². The van der Waals surface area contributed by atoms with Crippen molar-refractivity contribution in [1.82, 2.24) is 10.2 Å². The van der Waals surface area contributed by atoms with E-state index < -0.39 is 6.04 Å². The molecule has 1 saturated carbocycles. The van der Waals surface area contributed by atoms with Gasteiger partial charge in [0.05, 0.1) is 5.02 Å². The average Bonchev–Trinajstić information content (AvgIpc) is 2.77. The van der Waals surface area contributed by atoms with Gasteiger partial charge in [0.15, 0.2) is 6.61 Å². The topological polar surface area (TPSA) is 58.6 Å². The van der Waals surface area contributed by atoms with E-state index in [0.29, 0.717) is 17.3 Å². The average molecular weight is 429 g/mol. The maximum atomic E-state index is 13.0. The summed E-state index contributed by atoms with van der Waals surface area (Å²) in [6.07, 6.45) is 5.50. The fraction of sp³-hybridized carbons (Fsp3) is 0.417. The van der Waals surface area contributed by atoms with E-state index in [2.05, 4.69) is 5.32 Å². The lowest BCUT2D eigenvalue weighted by Gasteiger charge is -2.31. The molecule has 0 aromatic heterocycles. The molecular weight excluding hydrogens is 400 g/mol. The Morgan fingerprint density at radius 2 is 1.73 bits per heavy atom. The van der Waals surface area contributed by atoms with Gasteiger partial charge in [-0.3, -0.25) is 9.59 Å². The lowest BCUT2D eigenvalue weighted by molar-refractivity contribution is -0.142. The summed E-state index contributed by atoms with van der Waals surface area (Å²) in [7, 11) is 0. The Morgan fingerprint density at radius 3 is 2.43 bits per heavy atom. The normalized spacial score (nSPS) is 15.3. The number of carbonyl (C=O) groups excluding carboxylic acids is 2. The lowest BCUT2D eigenvalue weighted by atomic mass is 9.95. The van der Waals surface area contributed by atoms with Crippen LogP contribution >= 0.6 is 11.6 Å². The smallest absolute Gasteiger partial charge is 0.261 e. The molecule has 1 atom stereocenters. The van der Waals surface area contributed by atoms with Gasteiger partial charge in [-0.1, -0.05) is 73.3 Å². The van der Waals surface area contributed by atoms with Crippen molar-refractivity contribution in [3.05, 3.63) is 65.2 Å². The largest absolute Gasteiger partial charge is 0.482 e. The van der Waals surface area contributed by atoms with Crippen LogP contribution in [-0.2, 0) is 16.1 Å². The molecule has 30 heavy (non-hydrogen) atoms. The van der Waals surface area contributed by atoms with Crippen molar-refractivity contribution in [3.63, 3.8) is 0 Å². The SMILES string of the molecule is C[C@H](C(=O)NC1CCCCC1)N(Cc1ccccc1)C(=O)COc1ccccc1Cl. The summed E-state index contributed by atoms with van der Waals surface area (Å²) in [5.41, 5.74) is 0.959. The molecule has 2 amide bonds. The minimum atomic E-state index is -0.602. The van der Waals surface area contributed by atoms with Crippen molar-refractivity contribution in [2.24, 2.45) is 0 Å². The van der Waals surface area contributed by atoms with Gasteiger partial charge in [0.2, 0.25) is 5.91 Å². The second-order valence-corrected chi connectivity index (χ2v) is 8.15. The highest BCUT2D eigenvalue weighted by Gasteiger charge is 2.28. The van der Waals surface area contributed by atoms with Crippen molar-refractivity contribution >= 4 is 23.4 Å². The maximum Gasteiger partial charge on any atom is 0.261 e. The zero-order valence-corrected chi connectivity index (χ0v) is 18.1. The van der Waals surface area contributed by atoms with E-state index >= 15 is 0 Å². The van der Waals surface area contributed by atoms with Gasteiger partial charge < -0.3 is 15.0 Å². The molecule has 0 spiro atoms. The van der Waals surface area contributed by atoms with Crippen LogP contribution in [0.4, 0.5) is 0 Å². The summed E-state index contributed by atoms with van der Waals surface area (Å²) < 4.78 is 5.64. The number of halogens is 1. The number of nitrogens with one attached hydrogen (secondary N) is 1. The lowest BCUT2D eigenvalue weighted by Crippen LogP contribution is -2.51. The summed E-state index contributed by atoms with van der Waals surface area (Å²) in [4.78, 5) is 27.5. The molecule has 1 fully saturated rings. The zero-order valence-electron chi connectivity index (χ0n) is 17.4.